The van der Waals surface area contributed by atoms with Crippen LogP contribution in [0.15, 0.2) is 24.3 Å². The van der Waals surface area contributed by atoms with Gasteiger partial charge in [-0.3, -0.25) is 0 Å². The summed E-state index contributed by atoms with van der Waals surface area (Å²) in [5.74, 6) is -0.238. The van der Waals surface area contributed by atoms with Crippen molar-refractivity contribution in [3.8, 4) is 0 Å². The molecule has 0 aliphatic carbocycles. The van der Waals surface area contributed by atoms with Gasteiger partial charge in [0.2, 0.25) is 0 Å². The Morgan fingerprint density at radius 2 is 2.22 bits per heavy atom. The minimum atomic E-state index is -0.238. The highest BCUT2D eigenvalue weighted by Gasteiger charge is 2.39. The molecule has 18 heavy (non-hydrogen) atoms. The molecule has 1 aliphatic heterocycles. The quantitative estimate of drug-likeness (QED) is 0.869. The smallest absolute Gasteiger partial charge is 0.125 e. The predicted molar refractivity (Wildman–Crippen MR) is 71.1 cm³/mol. The lowest BCUT2D eigenvalue weighted by Crippen LogP contribution is -2.55. The molecule has 1 aromatic carbocycles. The summed E-state index contributed by atoms with van der Waals surface area (Å²) in [6, 6.07) is 6.50. The highest BCUT2D eigenvalue weighted by Crippen LogP contribution is 2.34. The maximum Gasteiger partial charge on any atom is 0.125 e. The third-order valence-corrected chi connectivity index (χ3v) is 3.46. The fraction of sp³-hybridized carbons (Fsp3) is 0.571. The van der Waals surface area contributed by atoms with E-state index < -0.39 is 0 Å². The van der Waals surface area contributed by atoms with Crippen molar-refractivity contribution in [1.82, 2.24) is 0 Å². The van der Waals surface area contributed by atoms with Crippen LogP contribution in [0.5, 0.6) is 0 Å². The minimum absolute atomic E-state index is 0.196. The van der Waals surface area contributed by atoms with Gasteiger partial charge in [0, 0.05) is 25.3 Å². The molecule has 1 fully saturated rings. The Bertz CT molecular complexity index is 422. The average molecular weight is 252 g/mol. The lowest BCUT2D eigenvalue weighted by Gasteiger charge is -2.45. The Balaban J connectivity index is 2.18. The van der Waals surface area contributed by atoms with E-state index in [1.165, 1.54) is 12.1 Å². The molecule has 2 rings (SSSR count). The first-order valence-electron chi connectivity index (χ1n) is 6.33. The van der Waals surface area contributed by atoms with E-state index in [0.29, 0.717) is 13.2 Å². The van der Waals surface area contributed by atoms with Gasteiger partial charge >= 0.3 is 0 Å². The van der Waals surface area contributed by atoms with Gasteiger partial charge in [0.25, 0.3) is 0 Å². The van der Waals surface area contributed by atoms with Crippen LogP contribution in [0, 0.1) is 5.82 Å². The molecule has 3 nitrogen and oxygen atoms in total. The Hall–Kier alpha value is -1.13. The third kappa shape index (κ3) is 3.00. The van der Waals surface area contributed by atoms with Crippen molar-refractivity contribution in [3.05, 3.63) is 30.1 Å². The molecule has 0 radical (unpaired) electrons. The second kappa shape index (κ2) is 4.86. The summed E-state index contributed by atoms with van der Waals surface area (Å²) < 4.78 is 18.9. The van der Waals surface area contributed by atoms with E-state index in [0.717, 1.165) is 18.5 Å². The van der Waals surface area contributed by atoms with Crippen LogP contribution in [0.4, 0.5) is 10.1 Å². The number of halogens is 1. The zero-order valence-corrected chi connectivity index (χ0v) is 11.0. The van der Waals surface area contributed by atoms with E-state index in [2.05, 4.69) is 19.2 Å². The normalized spacial score (nSPS) is 26.9. The van der Waals surface area contributed by atoms with Gasteiger partial charge in [-0.25, -0.2) is 4.39 Å². The van der Waals surface area contributed by atoms with E-state index >= 15 is 0 Å². The maximum atomic E-state index is 13.2. The summed E-state index contributed by atoms with van der Waals surface area (Å²) in [6.07, 6.45) is 1.65. The molecule has 3 N–H and O–H groups in total. The molecule has 1 heterocycles. The molecule has 1 aliphatic rings. The van der Waals surface area contributed by atoms with Gasteiger partial charge in [0.05, 0.1) is 11.1 Å². The monoisotopic (exact) mass is 252 g/mol. The van der Waals surface area contributed by atoms with Crippen LogP contribution in [0.25, 0.3) is 0 Å². The van der Waals surface area contributed by atoms with Crippen LogP contribution in [0.2, 0.25) is 0 Å². The molecule has 0 amide bonds. The summed E-state index contributed by atoms with van der Waals surface area (Å²) in [6.45, 7) is 5.30. The average Bonchev–Trinajstić information content (AvgIpc) is 2.27. The summed E-state index contributed by atoms with van der Waals surface area (Å²) in [5, 5.41) is 3.40. The first-order valence-corrected chi connectivity index (χ1v) is 6.33. The Kier molecular flexibility index (Phi) is 3.59. The van der Waals surface area contributed by atoms with Gasteiger partial charge in [-0.1, -0.05) is 6.07 Å². The Morgan fingerprint density at radius 1 is 1.44 bits per heavy atom. The molecule has 0 saturated carbocycles. The van der Waals surface area contributed by atoms with E-state index in [1.807, 2.05) is 6.07 Å². The van der Waals surface area contributed by atoms with Crippen molar-refractivity contribution >= 4 is 5.69 Å². The second-order valence-electron chi connectivity index (χ2n) is 5.65. The standard InChI is InChI=1S/C14H21FN2O/c1-13(2)9-14(10-16,6-7-18-13)17-12-5-3-4-11(15)8-12/h3-5,8,17H,6-7,9-10,16H2,1-2H3. The number of rotatable bonds is 3. The fourth-order valence-electron chi connectivity index (χ4n) is 2.68. The predicted octanol–water partition coefficient (Wildman–Crippen LogP) is 2.52. The molecule has 0 spiro atoms. The van der Waals surface area contributed by atoms with Crippen molar-refractivity contribution in [3.63, 3.8) is 0 Å². The van der Waals surface area contributed by atoms with Gasteiger partial charge in [-0.15, -0.1) is 0 Å². The van der Waals surface area contributed by atoms with Crippen LogP contribution in [-0.4, -0.2) is 24.3 Å². The first kappa shape index (κ1) is 13.3. The Morgan fingerprint density at radius 3 is 2.83 bits per heavy atom. The molecule has 1 saturated heterocycles. The first-order chi connectivity index (χ1) is 8.45. The summed E-state index contributed by atoms with van der Waals surface area (Å²) >= 11 is 0. The zero-order valence-electron chi connectivity index (χ0n) is 11.0. The molecule has 1 aromatic rings. The van der Waals surface area contributed by atoms with E-state index in [4.69, 9.17) is 10.5 Å². The maximum absolute atomic E-state index is 13.2. The summed E-state index contributed by atoms with van der Waals surface area (Å²) in [4.78, 5) is 0. The molecule has 1 atom stereocenters. The van der Waals surface area contributed by atoms with Crippen LogP contribution < -0.4 is 11.1 Å². The van der Waals surface area contributed by atoms with E-state index in [9.17, 15) is 4.39 Å². The fourth-order valence-corrected chi connectivity index (χ4v) is 2.68. The molecule has 0 aromatic heterocycles. The number of hydrogen-bond acceptors (Lipinski definition) is 3. The van der Waals surface area contributed by atoms with E-state index in [1.54, 1.807) is 6.07 Å². The van der Waals surface area contributed by atoms with Crippen LogP contribution in [-0.2, 0) is 4.74 Å². The van der Waals surface area contributed by atoms with E-state index in [-0.39, 0.29) is 17.0 Å². The van der Waals surface area contributed by atoms with Crippen molar-refractivity contribution in [1.29, 1.82) is 0 Å². The highest BCUT2D eigenvalue weighted by atomic mass is 19.1. The van der Waals surface area contributed by atoms with Crippen molar-refractivity contribution in [2.45, 2.75) is 37.8 Å². The van der Waals surface area contributed by atoms with Crippen molar-refractivity contribution < 1.29 is 9.13 Å². The summed E-state index contributed by atoms with van der Waals surface area (Å²) in [5.41, 5.74) is 6.30. The molecule has 100 valence electrons. The van der Waals surface area contributed by atoms with Crippen molar-refractivity contribution in [2.24, 2.45) is 5.73 Å². The van der Waals surface area contributed by atoms with Gasteiger partial charge in [-0.05, 0) is 38.5 Å². The van der Waals surface area contributed by atoms with Crippen LogP contribution in [0.3, 0.4) is 0 Å². The van der Waals surface area contributed by atoms with Gasteiger partial charge in [-0.2, -0.15) is 0 Å². The van der Waals surface area contributed by atoms with Gasteiger partial charge < -0.3 is 15.8 Å². The second-order valence-corrected chi connectivity index (χ2v) is 5.65. The molecule has 1 unspecified atom stereocenters. The molecular weight excluding hydrogens is 231 g/mol. The summed E-state index contributed by atoms with van der Waals surface area (Å²) in [7, 11) is 0. The third-order valence-electron chi connectivity index (χ3n) is 3.46. The highest BCUT2D eigenvalue weighted by molar-refractivity contribution is 5.46. The number of ether oxygens (including phenoxy) is 1. The largest absolute Gasteiger partial charge is 0.378 e. The number of nitrogens with one attached hydrogen (secondary N) is 1. The van der Waals surface area contributed by atoms with Gasteiger partial charge in [0.15, 0.2) is 0 Å². The SMILES string of the molecule is CC1(C)CC(CN)(Nc2cccc(F)c2)CCO1. The minimum Gasteiger partial charge on any atom is -0.378 e. The number of hydrogen-bond donors (Lipinski definition) is 2. The number of benzene rings is 1. The van der Waals surface area contributed by atoms with Crippen molar-refractivity contribution in [2.75, 3.05) is 18.5 Å². The lowest BCUT2D eigenvalue weighted by molar-refractivity contribution is -0.0736. The van der Waals surface area contributed by atoms with Crippen LogP contribution >= 0.6 is 0 Å². The molecule has 0 bridgehead atoms. The topological polar surface area (TPSA) is 47.3 Å². The lowest BCUT2D eigenvalue weighted by atomic mass is 9.81. The van der Waals surface area contributed by atoms with Crippen LogP contribution in [0.1, 0.15) is 26.7 Å². The van der Waals surface area contributed by atoms with Gasteiger partial charge in [0.1, 0.15) is 5.82 Å². The number of anilines is 1. The zero-order chi connectivity index (χ0) is 13.2. The Labute approximate surface area is 108 Å². The molecular formula is C14H21FN2O. The molecule has 4 heteroatoms. The number of nitrogens with two attached hydrogens (primary N) is 1.